The van der Waals surface area contributed by atoms with Gasteiger partial charge in [0.1, 0.15) is 19.0 Å². The number of hydrogen-bond donors (Lipinski definition) is 3. The second kappa shape index (κ2) is 16.6. The van der Waals surface area contributed by atoms with Gasteiger partial charge in [-0.15, -0.1) is 0 Å². The van der Waals surface area contributed by atoms with Gasteiger partial charge in [0.15, 0.2) is 12.3 Å². The van der Waals surface area contributed by atoms with Crippen LogP contribution < -0.4 is 10.4 Å². The Morgan fingerprint density at radius 2 is 1.87 bits per heavy atom. The Morgan fingerprint density at radius 3 is 2.51 bits per heavy atom. The number of amides is 1. The van der Waals surface area contributed by atoms with Crippen LogP contribution in [-0.4, -0.2) is 97.8 Å². The molecule has 0 spiro atoms. The molecule has 0 aromatic rings. The largest absolute Gasteiger partial charge is 0.545 e. The summed E-state index contributed by atoms with van der Waals surface area (Å²) in [5.41, 5.74) is 0.266. The third kappa shape index (κ3) is 9.23. The number of carbonyl (C=O) groups is 2. The predicted octanol–water partition coefficient (Wildman–Crippen LogP) is 1.88. The maximum Gasteiger partial charge on any atom is 0.256 e. The van der Waals surface area contributed by atoms with E-state index < -0.39 is 65.9 Å². The number of hydrogen-bond acceptors (Lipinski definition) is 11. The molecular formula is C33H52NO11-. The minimum Gasteiger partial charge on any atom is -0.545 e. The number of nitrogens with one attached hydrogen (secondary N) is 1. The van der Waals surface area contributed by atoms with E-state index in [-0.39, 0.29) is 25.2 Å². The first-order valence-electron chi connectivity index (χ1n) is 15.8. The van der Waals surface area contributed by atoms with Crippen molar-refractivity contribution in [1.82, 2.24) is 5.32 Å². The minimum atomic E-state index is -1.68. The van der Waals surface area contributed by atoms with Crippen LogP contribution in [-0.2, 0) is 38.0 Å². The first kappa shape index (κ1) is 37.3. The van der Waals surface area contributed by atoms with Crippen molar-refractivity contribution in [2.75, 3.05) is 21.0 Å². The number of aliphatic carboxylic acids is 1. The summed E-state index contributed by atoms with van der Waals surface area (Å²) >= 11 is 0. The van der Waals surface area contributed by atoms with Crippen molar-refractivity contribution in [1.29, 1.82) is 0 Å². The van der Waals surface area contributed by atoms with Crippen LogP contribution in [0, 0.1) is 11.3 Å². The van der Waals surface area contributed by atoms with Crippen molar-refractivity contribution in [3.05, 3.63) is 36.5 Å². The van der Waals surface area contributed by atoms with Crippen molar-refractivity contribution in [2.45, 2.75) is 127 Å². The standard InChI is InChI=1S/C33H53NO11/c1-20-18-33(41-7,45-22(3)21(20)2)28(38)30(39)34-31-27-26(42-19-43-31)29(40-6)32(4,5)24(44-27)17-23(35)15-13-11-9-8-10-12-14-16-25(36)37/h10,12,14,16,21-24,26-29,31,35,38H,1,8-9,11,13,15,17-19H2,2-7H3,(H,34,39)(H,36,37)/p-1/b12-10+,16-14+/t21-,22-,23-,24-,26+,27-,28-,29-,31+,33-/m1/s1. The SMILES string of the molecule is C=C1C[C@](OC)([C@H](O)C(=O)N[C@H]2OCO[C@H]3[C@H]2O[C@H](C[C@H](O)CCCCC/C=C/C=C/C(=O)[O-])C(C)(C)[C@@H]3OC)O[C@H](C)[C@@H]1C. The van der Waals surface area contributed by atoms with Crippen LogP contribution >= 0.6 is 0 Å². The number of ether oxygens (including phenoxy) is 6. The van der Waals surface area contributed by atoms with Crippen LogP contribution in [0.2, 0.25) is 0 Å². The Hall–Kier alpha value is -2.16. The highest BCUT2D eigenvalue weighted by molar-refractivity contribution is 5.82. The van der Waals surface area contributed by atoms with Crippen molar-refractivity contribution in [2.24, 2.45) is 11.3 Å². The number of carboxylic acids is 1. The zero-order valence-electron chi connectivity index (χ0n) is 27.4. The third-order valence-electron chi connectivity index (χ3n) is 9.44. The highest BCUT2D eigenvalue weighted by Crippen LogP contribution is 2.44. The van der Waals surface area contributed by atoms with Crippen molar-refractivity contribution in [3.63, 3.8) is 0 Å². The molecule has 3 heterocycles. The number of fused-ring (bicyclic) bond motifs is 1. The Balaban J connectivity index is 1.62. The minimum absolute atomic E-state index is 0.0372. The molecule has 12 heteroatoms. The number of aliphatic hydroxyl groups is 2. The van der Waals surface area contributed by atoms with E-state index in [1.807, 2.05) is 33.8 Å². The average molecular weight is 639 g/mol. The molecule has 0 radical (unpaired) electrons. The fourth-order valence-electron chi connectivity index (χ4n) is 6.43. The second-order valence-electron chi connectivity index (χ2n) is 12.9. The van der Waals surface area contributed by atoms with Gasteiger partial charge in [0.05, 0.1) is 30.4 Å². The molecule has 12 nitrogen and oxygen atoms in total. The van der Waals surface area contributed by atoms with E-state index in [0.717, 1.165) is 37.3 Å². The maximum absolute atomic E-state index is 13.4. The first-order valence-corrected chi connectivity index (χ1v) is 15.8. The maximum atomic E-state index is 13.4. The molecule has 10 atom stereocenters. The lowest BCUT2D eigenvalue weighted by Crippen LogP contribution is -2.69. The smallest absolute Gasteiger partial charge is 0.256 e. The molecule has 3 rings (SSSR count). The van der Waals surface area contributed by atoms with Crippen LogP contribution in [0.3, 0.4) is 0 Å². The number of carboxylic acid groups (broad SMARTS) is 1. The van der Waals surface area contributed by atoms with Crippen LogP contribution in [0.4, 0.5) is 0 Å². The molecule has 3 aliphatic heterocycles. The molecule has 3 aliphatic rings. The molecule has 45 heavy (non-hydrogen) atoms. The predicted molar refractivity (Wildman–Crippen MR) is 162 cm³/mol. The van der Waals surface area contributed by atoms with Gasteiger partial charge < -0.3 is 53.9 Å². The lowest BCUT2D eigenvalue weighted by molar-refractivity contribution is -0.332. The average Bonchev–Trinajstić information content (AvgIpc) is 2.98. The molecule has 0 unspecified atom stereocenters. The van der Waals surface area contributed by atoms with Crippen LogP contribution in [0.15, 0.2) is 36.5 Å². The number of unbranched alkanes of at least 4 members (excludes halogenated alkanes) is 3. The number of carbonyl (C=O) groups excluding carboxylic acids is 2. The molecule has 0 aliphatic carbocycles. The summed E-state index contributed by atoms with van der Waals surface area (Å²) in [5.74, 6) is -3.54. The van der Waals surface area contributed by atoms with E-state index >= 15 is 0 Å². The van der Waals surface area contributed by atoms with Gasteiger partial charge in [0, 0.05) is 38.4 Å². The van der Waals surface area contributed by atoms with Gasteiger partial charge in [-0.2, -0.15) is 0 Å². The fraction of sp³-hybridized carbons (Fsp3) is 0.758. The van der Waals surface area contributed by atoms with Gasteiger partial charge >= 0.3 is 0 Å². The quantitative estimate of drug-likeness (QED) is 0.104. The van der Waals surface area contributed by atoms with Gasteiger partial charge in [-0.1, -0.05) is 64.0 Å². The van der Waals surface area contributed by atoms with Gasteiger partial charge in [-0.05, 0) is 32.3 Å². The lowest BCUT2D eigenvalue weighted by Gasteiger charge is -2.54. The zero-order valence-corrected chi connectivity index (χ0v) is 27.4. The molecule has 256 valence electrons. The van der Waals surface area contributed by atoms with E-state index in [4.69, 9.17) is 28.4 Å². The summed E-state index contributed by atoms with van der Waals surface area (Å²) in [7, 11) is 2.98. The second-order valence-corrected chi connectivity index (χ2v) is 12.9. The van der Waals surface area contributed by atoms with Gasteiger partial charge in [-0.3, -0.25) is 4.79 Å². The topological polar surface area (TPSA) is 165 Å². The van der Waals surface area contributed by atoms with Crippen LogP contribution in [0.25, 0.3) is 0 Å². The van der Waals surface area contributed by atoms with Crippen LogP contribution in [0.5, 0.6) is 0 Å². The van der Waals surface area contributed by atoms with Gasteiger partial charge in [0.25, 0.3) is 5.91 Å². The molecule has 3 saturated heterocycles. The number of aliphatic hydroxyl groups excluding tert-OH is 2. The Bertz CT molecular complexity index is 1060. The van der Waals surface area contributed by atoms with Gasteiger partial charge in [-0.25, -0.2) is 0 Å². The van der Waals surface area contributed by atoms with Crippen molar-refractivity contribution in [3.8, 4) is 0 Å². The summed E-state index contributed by atoms with van der Waals surface area (Å²) in [5, 5.41) is 35.3. The fourth-order valence-corrected chi connectivity index (χ4v) is 6.43. The lowest BCUT2D eigenvalue weighted by atomic mass is 9.72. The van der Waals surface area contributed by atoms with E-state index in [0.29, 0.717) is 12.8 Å². The molecule has 0 saturated carbocycles. The Labute approximate surface area is 266 Å². The molecule has 3 N–H and O–H groups in total. The summed E-state index contributed by atoms with van der Waals surface area (Å²) in [6, 6.07) is 0. The van der Waals surface area contributed by atoms with E-state index in [9.17, 15) is 24.9 Å². The molecule has 3 fully saturated rings. The number of methoxy groups -OCH3 is 2. The normalized spacial score (nSPS) is 34.8. The third-order valence-corrected chi connectivity index (χ3v) is 9.44. The van der Waals surface area contributed by atoms with Gasteiger partial charge in [0.2, 0.25) is 5.79 Å². The highest BCUT2D eigenvalue weighted by Gasteiger charge is 2.57. The summed E-state index contributed by atoms with van der Waals surface area (Å²) in [6.45, 7) is 11.8. The zero-order chi connectivity index (χ0) is 33.4. The number of allylic oxidation sites excluding steroid dienone is 3. The highest BCUT2D eigenvalue weighted by atomic mass is 16.7. The van der Waals surface area contributed by atoms with E-state index in [2.05, 4.69) is 11.9 Å². The van der Waals surface area contributed by atoms with E-state index in [1.54, 1.807) is 13.2 Å². The number of rotatable bonds is 15. The van der Waals surface area contributed by atoms with E-state index in [1.165, 1.54) is 13.2 Å². The molecular weight excluding hydrogens is 586 g/mol. The van der Waals surface area contributed by atoms with Crippen LogP contribution in [0.1, 0.15) is 72.6 Å². The molecule has 0 aromatic carbocycles. The Morgan fingerprint density at radius 1 is 1.13 bits per heavy atom. The van der Waals surface area contributed by atoms with Crippen molar-refractivity contribution < 1.29 is 53.3 Å². The van der Waals surface area contributed by atoms with Crippen molar-refractivity contribution >= 4 is 11.9 Å². The molecule has 1 amide bonds. The summed E-state index contributed by atoms with van der Waals surface area (Å²) in [4.78, 5) is 23.8. The monoisotopic (exact) mass is 638 g/mol. The Kier molecular flexibility index (Phi) is 13.8. The summed E-state index contributed by atoms with van der Waals surface area (Å²) < 4.78 is 35.8. The first-order chi connectivity index (χ1) is 21.3. The molecule has 0 bridgehead atoms. The summed E-state index contributed by atoms with van der Waals surface area (Å²) in [6.07, 6.45) is 4.65. The molecule has 0 aromatic heterocycles.